The predicted octanol–water partition coefficient (Wildman–Crippen LogP) is 1.46. The normalized spacial score (nSPS) is 26.7. The number of benzene rings is 1. The first-order valence-corrected chi connectivity index (χ1v) is 5.51. The maximum Gasteiger partial charge on any atom is 0.0368 e. The van der Waals surface area contributed by atoms with Crippen LogP contribution in [0.25, 0.3) is 0 Å². The van der Waals surface area contributed by atoms with Gasteiger partial charge in [-0.25, -0.2) is 0 Å². The van der Waals surface area contributed by atoms with Crippen molar-refractivity contribution >= 4 is 11.4 Å². The van der Waals surface area contributed by atoms with Crippen LogP contribution in [0.4, 0.5) is 11.4 Å². The molecule has 1 fully saturated rings. The standard InChI is InChI=1S/C12H19N3/c1-9-7-15(8-10(2)14-9)12-5-3-11(13)4-6-12/h3-6,9-10,14H,7-8,13H2,1-2H3/t9-,10-/m1/s1. The van der Waals surface area contributed by atoms with Crippen LogP contribution in [0.5, 0.6) is 0 Å². The molecule has 1 aliphatic heterocycles. The molecule has 15 heavy (non-hydrogen) atoms. The lowest BCUT2D eigenvalue weighted by atomic mass is 10.1. The van der Waals surface area contributed by atoms with Crippen molar-refractivity contribution in [2.75, 3.05) is 23.7 Å². The Morgan fingerprint density at radius 3 is 2.20 bits per heavy atom. The van der Waals surface area contributed by atoms with Gasteiger partial charge in [0.2, 0.25) is 0 Å². The van der Waals surface area contributed by atoms with Crippen molar-refractivity contribution in [3.63, 3.8) is 0 Å². The molecule has 3 N–H and O–H groups in total. The molecule has 0 spiro atoms. The summed E-state index contributed by atoms with van der Waals surface area (Å²) in [4.78, 5) is 2.41. The zero-order chi connectivity index (χ0) is 10.8. The Bertz CT molecular complexity index is 310. The van der Waals surface area contributed by atoms with E-state index in [9.17, 15) is 0 Å². The van der Waals surface area contributed by atoms with E-state index in [4.69, 9.17) is 5.73 Å². The predicted molar refractivity (Wildman–Crippen MR) is 65.1 cm³/mol. The van der Waals surface area contributed by atoms with Gasteiger partial charge in [0, 0.05) is 36.5 Å². The molecule has 3 nitrogen and oxygen atoms in total. The van der Waals surface area contributed by atoms with Gasteiger partial charge in [-0.05, 0) is 38.1 Å². The fraction of sp³-hybridized carbons (Fsp3) is 0.500. The Kier molecular flexibility index (Phi) is 2.82. The minimum atomic E-state index is 0.548. The Morgan fingerprint density at radius 2 is 1.67 bits per heavy atom. The maximum atomic E-state index is 5.68. The Morgan fingerprint density at radius 1 is 1.13 bits per heavy atom. The largest absolute Gasteiger partial charge is 0.399 e. The van der Waals surface area contributed by atoms with Crippen LogP contribution in [-0.4, -0.2) is 25.2 Å². The molecule has 0 saturated carbocycles. The number of nitrogen functional groups attached to an aromatic ring is 1. The van der Waals surface area contributed by atoms with E-state index in [0.717, 1.165) is 18.8 Å². The van der Waals surface area contributed by atoms with Crippen molar-refractivity contribution in [1.82, 2.24) is 5.32 Å². The minimum absolute atomic E-state index is 0.548. The lowest BCUT2D eigenvalue weighted by Gasteiger charge is -2.37. The molecular formula is C12H19N3. The third kappa shape index (κ3) is 2.42. The first-order chi connectivity index (χ1) is 7.15. The van der Waals surface area contributed by atoms with E-state index >= 15 is 0 Å². The lowest BCUT2D eigenvalue weighted by molar-refractivity contribution is 0.407. The highest BCUT2D eigenvalue weighted by Crippen LogP contribution is 2.18. The highest BCUT2D eigenvalue weighted by Gasteiger charge is 2.20. The van der Waals surface area contributed by atoms with Gasteiger partial charge in [-0.3, -0.25) is 0 Å². The van der Waals surface area contributed by atoms with Crippen molar-refractivity contribution in [1.29, 1.82) is 0 Å². The van der Waals surface area contributed by atoms with Crippen LogP contribution in [0.1, 0.15) is 13.8 Å². The number of hydrogen-bond acceptors (Lipinski definition) is 3. The van der Waals surface area contributed by atoms with Gasteiger partial charge in [-0.1, -0.05) is 0 Å². The zero-order valence-electron chi connectivity index (χ0n) is 9.40. The van der Waals surface area contributed by atoms with Crippen LogP contribution in [0.3, 0.4) is 0 Å². The molecule has 2 rings (SSSR count). The van der Waals surface area contributed by atoms with Gasteiger partial charge in [0.15, 0.2) is 0 Å². The minimum Gasteiger partial charge on any atom is -0.399 e. The smallest absolute Gasteiger partial charge is 0.0368 e. The van der Waals surface area contributed by atoms with Crippen molar-refractivity contribution in [2.45, 2.75) is 25.9 Å². The summed E-state index contributed by atoms with van der Waals surface area (Å²) in [7, 11) is 0. The summed E-state index contributed by atoms with van der Waals surface area (Å²) in [5.74, 6) is 0. The average molecular weight is 205 g/mol. The summed E-state index contributed by atoms with van der Waals surface area (Å²) in [6, 6.07) is 9.22. The third-order valence-corrected chi connectivity index (χ3v) is 2.82. The summed E-state index contributed by atoms with van der Waals surface area (Å²) in [6.07, 6.45) is 0. The molecule has 0 radical (unpaired) electrons. The second kappa shape index (κ2) is 4.11. The van der Waals surface area contributed by atoms with E-state index in [0.29, 0.717) is 12.1 Å². The molecule has 2 atom stereocenters. The van der Waals surface area contributed by atoms with Crippen molar-refractivity contribution in [2.24, 2.45) is 0 Å². The molecule has 0 unspecified atom stereocenters. The molecule has 1 aromatic carbocycles. The van der Waals surface area contributed by atoms with Crippen LogP contribution in [0.15, 0.2) is 24.3 Å². The van der Waals surface area contributed by atoms with Gasteiger partial charge in [-0.2, -0.15) is 0 Å². The van der Waals surface area contributed by atoms with Gasteiger partial charge in [0.05, 0.1) is 0 Å². The quantitative estimate of drug-likeness (QED) is 0.682. The molecule has 0 bridgehead atoms. The second-order valence-corrected chi connectivity index (χ2v) is 4.47. The summed E-state index contributed by atoms with van der Waals surface area (Å²) in [5, 5.41) is 3.52. The van der Waals surface area contributed by atoms with E-state index in [-0.39, 0.29) is 0 Å². The number of rotatable bonds is 1. The lowest BCUT2D eigenvalue weighted by Crippen LogP contribution is -2.54. The van der Waals surface area contributed by atoms with E-state index in [1.165, 1.54) is 5.69 Å². The Labute approximate surface area is 91.3 Å². The van der Waals surface area contributed by atoms with Crippen molar-refractivity contribution < 1.29 is 0 Å². The monoisotopic (exact) mass is 205 g/mol. The van der Waals surface area contributed by atoms with Gasteiger partial charge < -0.3 is 16.0 Å². The number of hydrogen-bond donors (Lipinski definition) is 2. The molecule has 1 heterocycles. The van der Waals surface area contributed by atoms with Crippen LogP contribution in [0.2, 0.25) is 0 Å². The van der Waals surface area contributed by atoms with Gasteiger partial charge >= 0.3 is 0 Å². The summed E-state index contributed by atoms with van der Waals surface area (Å²) in [6.45, 7) is 6.57. The molecule has 0 aliphatic carbocycles. The zero-order valence-corrected chi connectivity index (χ0v) is 9.40. The molecule has 1 aliphatic rings. The van der Waals surface area contributed by atoms with Crippen LogP contribution in [-0.2, 0) is 0 Å². The molecule has 82 valence electrons. The van der Waals surface area contributed by atoms with Crippen LogP contribution < -0.4 is 16.0 Å². The average Bonchev–Trinajstić information content (AvgIpc) is 2.17. The van der Waals surface area contributed by atoms with E-state index in [1.807, 2.05) is 12.1 Å². The number of nitrogens with two attached hydrogens (primary N) is 1. The molecule has 0 amide bonds. The molecule has 3 heteroatoms. The van der Waals surface area contributed by atoms with E-state index in [2.05, 4.69) is 36.2 Å². The SMILES string of the molecule is C[C@@H]1CN(c2ccc(N)cc2)C[C@@H](C)N1. The highest BCUT2D eigenvalue weighted by molar-refractivity contribution is 5.53. The molecule has 0 aromatic heterocycles. The summed E-state index contributed by atoms with van der Waals surface area (Å²) in [5.41, 5.74) is 7.78. The topological polar surface area (TPSA) is 41.3 Å². The number of nitrogens with one attached hydrogen (secondary N) is 1. The van der Waals surface area contributed by atoms with Crippen LogP contribution >= 0.6 is 0 Å². The fourth-order valence-electron chi connectivity index (χ4n) is 2.22. The van der Waals surface area contributed by atoms with Gasteiger partial charge in [0.25, 0.3) is 0 Å². The first-order valence-electron chi connectivity index (χ1n) is 5.51. The van der Waals surface area contributed by atoms with Gasteiger partial charge in [-0.15, -0.1) is 0 Å². The summed E-state index contributed by atoms with van der Waals surface area (Å²) < 4.78 is 0. The number of anilines is 2. The highest BCUT2D eigenvalue weighted by atomic mass is 15.2. The summed E-state index contributed by atoms with van der Waals surface area (Å²) >= 11 is 0. The van der Waals surface area contributed by atoms with Crippen molar-refractivity contribution in [3.05, 3.63) is 24.3 Å². The van der Waals surface area contributed by atoms with E-state index in [1.54, 1.807) is 0 Å². The fourth-order valence-corrected chi connectivity index (χ4v) is 2.22. The Hall–Kier alpha value is -1.22. The Balaban J connectivity index is 2.12. The molecular weight excluding hydrogens is 186 g/mol. The number of piperazine rings is 1. The number of nitrogens with zero attached hydrogens (tertiary/aromatic N) is 1. The molecule has 1 aromatic rings. The van der Waals surface area contributed by atoms with Crippen molar-refractivity contribution in [3.8, 4) is 0 Å². The first kappa shape index (κ1) is 10.3. The van der Waals surface area contributed by atoms with E-state index < -0.39 is 0 Å². The molecule has 1 saturated heterocycles. The van der Waals surface area contributed by atoms with Crippen LogP contribution in [0, 0.1) is 0 Å². The second-order valence-electron chi connectivity index (χ2n) is 4.47. The maximum absolute atomic E-state index is 5.68. The van der Waals surface area contributed by atoms with Gasteiger partial charge in [0.1, 0.15) is 0 Å². The third-order valence-electron chi connectivity index (χ3n) is 2.82.